The molecule has 2 amide bonds. The minimum Gasteiger partial charge on any atom is -0.444 e. The Labute approximate surface area is 227 Å². The summed E-state index contributed by atoms with van der Waals surface area (Å²) in [6, 6.07) is 5.35. The van der Waals surface area contributed by atoms with E-state index in [0.717, 1.165) is 37.9 Å². The Balaban J connectivity index is 1.81. The standard InChI is InChI=1S/C29H43N3O5S/c1-8-20(3)21(4)38(35,36)32-25-10-9-22(27(33)30-14-11-19(2)12-15-30)17-23(25)24-18-31(16-13-26(24)32)28(34)37-29(5,6)7/h9-10,17,19-21H,8,11-16,18H2,1-7H3. The lowest BCUT2D eigenvalue weighted by Crippen LogP contribution is -2.40. The van der Waals surface area contributed by atoms with Gasteiger partial charge in [-0.25, -0.2) is 17.2 Å². The summed E-state index contributed by atoms with van der Waals surface area (Å²) in [6.45, 7) is 15.5. The highest BCUT2D eigenvalue weighted by molar-refractivity contribution is 7.90. The molecule has 2 aliphatic rings. The molecule has 0 radical (unpaired) electrons. The summed E-state index contributed by atoms with van der Waals surface area (Å²) in [5.74, 6) is 0.562. The molecule has 1 saturated heterocycles. The van der Waals surface area contributed by atoms with E-state index >= 15 is 0 Å². The highest BCUT2D eigenvalue weighted by Gasteiger charge is 2.36. The van der Waals surface area contributed by atoms with Crippen LogP contribution < -0.4 is 0 Å². The molecular formula is C29H43N3O5S. The fourth-order valence-corrected chi connectivity index (χ4v) is 7.46. The van der Waals surface area contributed by atoms with Crippen LogP contribution in [0.2, 0.25) is 0 Å². The zero-order valence-corrected chi connectivity index (χ0v) is 24.7. The molecule has 0 saturated carbocycles. The van der Waals surface area contributed by atoms with E-state index in [0.29, 0.717) is 41.0 Å². The van der Waals surface area contributed by atoms with Gasteiger partial charge in [-0.1, -0.05) is 27.2 Å². The lowest BCUT2D eigenvalue weighted by molar-refractivity contribution is 0.0224. The summed E-state index contributed by atoms with van der Waals surface area (Å²) in [7, 11) is -3.71. The number of likely N-dealkylation sites (tertiary alicyclic amines) is 1. The van der Waals surface area contributed by atoms with E-state index in [4.69, 9.17) is 4.74 Å². The van der Waals surface area contributed by atoms with Gasteiger partial charge in [-0.05, 0) is 70.6 Å². The number of carbonyl (C=O) groups is 2. The van der Waals surface area contributed by atoms with Crippen LogP contribution in [-0.2, 0) is 27.7 Å². The number of hydrogen-bond acceptors (Lipinski definition) is 5. The largest absolute Gasteiger partial charge is 0.444 e. The summed E-state index contributed by atoms with van der Waals surface area (Å²) >= 11 is 0. The van der Waals surface area contributed by atoms with Crippen LogP contribution in [0.1, 0.15) is 89.3 Å². The van der Waals surface area contributed by atoms with Gasteiger partial charge in [-0.3, -0.25) is 4.79 Å². The first-order valence-electron chi connectivity index (χ1n) is 13.9. The van der Waals surface area contributed by atoms with Crippen molar-refractivity contribution < 1.29 is 22.7 Å². The molecule has 2 aromatic rings. The van der Waals surface area contributed by atoms with Crippen molar-refractivity contribution in [2.45, 2.75) is 91.5 Å². The van der Waals surface area contributed by atoms with Crippen molar-refractivity contribution in [1.82, 2.24) is 13.8 Å². The van der Waals surface area contributed by atoms with Gasteiger partial charge in [-0.15, -0.1) is 0 Å². The van der Waals surface area contributed by atoms with E-state index in [1.165, 1.54) is 3.97 Å². The van der Waals surface area contributed by atoms with Gasteiger partial charge >= 0.3 is 6.09 Å². The second-order valence-corrected chi connectivity index (χ2v) is 14.3. The first-order valence-corrected chi connectivity index (χ1v) is 15.4. The van der Waals surface area contributed by atoms with Gasteiger partial charge in [-0.2, -0.15) is 0 Å². The molecule has 0 spiro atoms. The van der Waals surface area contributed by atoms with E-state index in [-0.39, 0.29) is 18.4 Å². The number of piperidine rings is 1. The van der Waals surface area contributed by atoms with E-state index < -0.39 is 27.0 Å². The molecule has 0 bridgehead atoms. The molecule has 8 nitrogen and oxygen atoms in total. The van der Waals surface area contributed by atoms with Crippen LogP contribution >= 0.6 is 0 Å². The smallest absolute Gasteiger partial charge is 0.410 e. The molecule has 2 atom stereocenters. The molecule has 1 aromatic heterocycles. The first-order chi connectivity index (χ1) is 17.7. The van der Waals surface area contributed by atoms with E-state index in [9.17, 15) is 18.0 Å². The predicted molar refractivity (Wildman–Crippen MR) is 150 cm³/mol. The maximum absolute atomic E-state index is 14.0. The zero-order valence-electron chi connectivity index (χ0n) is 23.9. The number of ether oxygens (including phenoxy) is 1. The van der Waals surface area contributed by atoms with Gasteiger partial charge in [0.2, 0.25) is 10.0 Å². The molecule has 1 aromatic carbocycles. The van der Waals surface area contributed by atoms with Crippen LogP contribution in [0.15, 0.2) is 18.2 Å². The topological polar surface area (TPSA) is 88.9 Å². The van der Waals surface area contributed by atoms with Crippen molar-refractivity contribution in [1.29, 1.82) is 0 Å². The molecule has 0 aliphatic carbocycles. The molecule has 2 unspecified atom stereocenters. The molecule has 1 fully saturated rings. The van der Waals surface area contributed by atoms with Gasteiger partial charge in [0.15, 0.2) is 0 Å². The number of aromatic nitrogens is 1. The predicted octanol–water partition coefficient (Wildman–Crippen LogP) is 5.42. The van der Waals surface area contributed by atoms with Crippen molar-refractivity contribution in [3.63, 3.8) is 0 Å². The lowest BCUT2D eigenvalue weighted by atomic mass is 9.98. The highest BCUT2D eigenvalue weighted by atomic mass is 32.2. The number of fused-ring (bicyclic) bond motifs is 3. The summed E-state index contributed by atoms with van der Waals surface area (Å²) in [5, 5.41) is 0.136. The van der Waals surface area contributed by atoms with Crippen LogP contribution in [0.25, 0.3) is 10.9 Å². The second-order valence-electron chi connectivity index (χ2n) is 12.2. The average molecular weight is 546 g/mol. The summed E-state index contributed by atoms with van der Waals surface area (Å²) < 4.78 is 35.0. The number of amides is 2. The third-order valence-electron chi connectivity index (χ3n) is 8.24. The molecule has 38 heavy (non-hydrogen) atoms. The van der Waals surface area contributed by atoms with Crippen molar-refractivity contribution in [3.05, 3.63) is 35.0 Å². The lowest BCUT2D eigenvalue weighted by Gasteiger charge is -2.31. The Morgan fingerprint density at radius 2 is 1.74 bits per heavy atom. The third-order valence-corrected chi connectivity index (χ3v) is 10.6. The molecule has 2 aliphatic heterocycles. The van der Waals surface area contributed by atoms with Crippen LogP contribution in [0, 0.1) is 11.8 Å². The Kier molecular flexibility index (Phi) is 7.90. The van der Waals surface area contributed by atoms with Crippen LogP contribution in [-0.4, -0.2) is 64.7 Å². The number of benzene rings is 1. The van der Waals surface area contributed by atoms with Crippen LogP contribution in [0.5, 0.6) is 0 Å². The summed E-state index contributed by atoms with van der Waals surface area (Å²) in [5.41, 5.74) is 1.96. The zero-order chi connectivity index (χ0) is 28.0. The van der Waals surface area contributed by atoms with Gasteiger partial charge < -0.3 is 14.5 Å². The Morgan fingerprint density at radius 3 is 2.34 bits per heavy atom. The summed E-state index contributed by atoms with van der Waals surface area (Å²) in [6.07, 6.45) is 2.69. The van der Waals surface area contributed by atoms with Crippen LogP contribution in [0.4, 0.5) is 4.79 Å². The van der Waals surface area contributed by atoms with Crippen molar-refractivity contribution in [3.8, 4) is 0 Å². The maximum Gasteiger partial charge on any atom is 0.410 e. The molecule has 210 valence electrons. The van der Waals surface area contributed by atoms with Crippen molar-refractivity contribution in [2.24, 2.45) is 11.8 Å². The van der Waals surface area contributed by atoms with E-state index in [2.05, 4.69) is 6.92 Å². The van der Waals surface area contributed by atoms with Gasteiger partial charge in [0.1, 0.15) is 5.60 Å². The van der Waals surface area contributed by atoms with E-state index in [1.54, 1.807) is 24.0 Å². The van der Waals surface area contributed by atoms with Gasteiger partial charge in [0.25, 0.3) is 5.91 Å². The quantitative estimate of drug-likeness (QED) is 0.501. The number of rotatable bonds is 5. The maximum atomic E-state index is 14.0. The van der Waals surface area contributed by atoms with Gasteiger partial charge in [0.05, 0.1) is 17.3 Å². The number of carbonyl (C=O) groups excluding carboxylic acids is 2. The SMILES string of the molecule is CCC(C)C(C)S(=O)(=O)n1c2c(c3cc(C(=O)N4CCC(C)CC4)ccc31)CN(C(=O)OC(C)(C)C)CC2. The minimum absolute atomic E-state index is 0.0164. The first kappa shape index (κ1) is 28.5. The van der Waals surface area contributed by atoms with Crippen LogP contribution in [0.3, 0.4) is 0 Å². The Bertz CT molecular complexity index is 1320. The summed E-state index contributed by atoms with van der Waals surface area (Å²) in [4.78, 5) is 29.8. The Hall–Kier alpha value is -2.55. The molecule has 3 heterocycles. The third kappa shape index (κ3) is 5.44. The second kappa shape index (κ2) is 10.5. The Morgan fingerprint density at radius 1 is 1.08 bits per heavy atom. The molecular weight excluding hydrogens is 502 g/mol. The van der Waals surface area contributed by atoms with Crippen molar-refractivity contribution in [2.75, 3.05) is 19.6 Å². The van der Waals surface area contributed by atoms with Gasteiger partial charge in [0, 0.05) is 48.3 Å². The highest BCUT2D eigenvalue weighted by Crippen LogP contribution is 2.36. The fraction of sp³-hybridized carbons (Fsp3) is 0.655. The number of nitrogens with zero attached hydrogens (tertiary/aromatic N) is 3. The van der Waals surface area contributed by atoms with E-state index in [1.807, 2.05) is 45.6 Å². The monoisotopic (exact) mass is 545 g/mol. The number of hydrogen-bond donors (Lipinski definition) is 0. The fourth-order valence-electron chi connectivity index (χ4n) is 5.41. The molecule has 4 rings (SSSR count). The van der Waals surface area contributed by atoms with Crippen molar-refractivity contribution >= 4 is 32.9 Å². The normalized spacial score (nSPS) is 18.8. The minimum atomic E-state index is -3.71. The average Bonchev–Trinajstić information content (AvgIpc) is 3.20. The molecule has 9 heteroatoms. The molecule has 0 N–H and O–H groups in total.